The summed E-state index contributed by atoms with van der Waals surface area (Å²) in [4.78, 5) is 4.65. The lowest BCUT2D eigenvalue weighted by Crippen LogP contribution is -2.16. The molecule has 0 amide bonds. The molecule has 0 bridgehead atoms. The average Bonchev–Trinajstić information content (AvgIpc) is 2.38. The van der Waals surface area contributed by atoms with Gasteiger partial charge >= 0.3 is 0 Å². The van der Waals surface area contributed by atoms with Crippen molar-refractivity contribution in [2.45, 2.75) is 33.2 Å². The normalized spacial score (nSPS) is 11.3. The standard InChI is InChI=1S/C16H22N2/c1-13(2)6-5-11-17-12-15-10-9-14-7-3-4-8-16(14)18-15/h3-4,7-10,13,17H,5-6,11-12H2,1-2H3. The molecule has 0 saturated heterocycles. The summed E-state index contributed by atoms with van der Waals surface area (Å²) in [5, 5.41) is 4.67. The first-order valence-electron chi connectivity index (χ1n) is 6.81. The first-order valence-corrected chi connectivity index (χ1v) is 6.81. The molecule has 1 aromatic heterocycles. The van der Waals surface area contributed by atoms with Gasteiger partial charge in [-0.15, -0.1) is 0 Å². The highest BCUT2D eigenvalue weighted by atomic mass is 14.9. The van der Waals surface area contributed by atoms with Gasteiger partial charge in [0.15, 0.2) is 0 Å². The molecule has 0 unspecified atom stereocenters. The number of fused-ring (bicyclic) bond motifs is 1. The smallest absolute Gasteiger partial charge is 0.0705 e. The van der Waals surface area contributed by atoms with Crippen LogP contribution in [0.25, 0.3) is 10.9 Å². The molecule has 0 aliphatic heterocycles. The molecule has 1 heterocycles. The van der Waals surface area contributed by atoms with Crippen molar-refractivity contribution in [3.63, 3.8) is 0 Å². The summed E-state index contributed by atoms with van der Waals surface area (Å²) in [6, 6.07) is 12.5. The van der Waals surface area contributed by atoms with E-state index in [-0.39, 0.29) is 0 Å². The monoisotopic (exact) mass is 242 g/mol. The number of hydrogen-bond donors (Lipinski definition) is 1. The van der Waals surface area contributed by atoms with Gasteiger partial charge in [-0.1, -0.05) is 38.1 Å². The van der Waals surface area contributed by atoms with Gasteiger partial charge in [0.2, 0.25) is 0 Å². The van der Waals surface area contributed by atoms with Gasteiger partial charge < -0.3 is 5.32 Å². The van der Waals surface area contributed by atoms with E-state index in [1.165, 1.54) is 18.2 Å². The maximum Gasteiger partial charge on any atom is 0.0705 e. The minimum atomic E-state index is 0.797. The molecule has 0 atom stereocenters. The van der Waals surface area contributed by atoms with Crippen LogP contribution in [0.1, 0.15) is 32.4 Å². The van der Waals surface area contributed by atoms with Crippen molar-refractivity contribution in [3.05, 3.63) is 42.1 Å². The topological polar surface area (TPSA) is 24.9 Å². The van der Waals surface area contributed by atoms with Gasteiger partial charge in [-0.05, 0) is 37.4 Å². The highest BCUT2D eigenvalue weighted by Crippen LogP contribution is 2.11. The van der Waals surface area contributed by atoms with Crippen LogP contribution < -0.4 is 5.32 Å². The number of para-hydroxylation sites is 1. The Morgan fingerprint density at radius 1 is 1.11 bits per heavy atom. The van der Waals surface area contributed by atoms with Crippen LogP contribution >= 0.6 is 0 Å². The molecule has 0 aliphatic rings. The summed E-state index contributed by atoms with van der Waals surface area (Å²) >= 11 is 0. The lowest BCUT2D eigenvalue weighted by Gasteiger charge is -2.07. The molecule has 0 spiro atoms. The minimum Gasteiger partial charge on any atom is -0.311 e. The van der Waals surface area contributed by atoms with Crippen molar-refractivity contribution in [2.24, 2.45) is 5.92 Å². The van der Waals surface area contributed by atoms with E-state index in [0.29, 0.717) is 0 Å². The second kappa shape index (κ2) is 6.50. The van der Waals surface area contributed by atoms with E-state index in [1.54, 1.807) is 0 Å². The molecular formula is C16H22N2. The Hall–Kier alpha value is -1.41. The highest BCUT2D eigenvalue weighted by molar-refractivity contribution is 5.78. The van der Waals surface area contributed by atoms with E-state index in [2.05, 4.69) is 48.4 Å². The van der Waals surface area contributed by atoms with E-state index in [4.69, 9.17) is 0 Å². The number of aromatic nitrogens is 1. The van der Waals surface area contributed by atoms with Crippen molar-refractivity contribution < 1.29 is 0 Å². The Bertz CT molecular complexity index is 491. The van der Waals surface area contributed by atoms with E-state index >= 15 is 0 Å². The van der Waals surface area contributed by atoms with Gasteiger partial charge in [-0.2, -0.15) is 0 Å². The van der Waals surface area contributed by atoms with Crippen LogP contribution in [-0.4, -0.2) is 11.5 Å². The van der Waals surface area contributed by atoms with Crippen molar-refractivity contribution in [2.75, 3.05) is 6.54 Å². The van der Waals surface area contributed by atoms with Gasteiger partial charge in [0.25, 0.3) is 0 Å². The lowest BCUT2D eigenvalue weighted by molar-refractivity contribution is 0.526. The zero-order chi connectivity index (χ0) is 12.8. The van der Waals surface area contributed by atoms with E-state index in [0.717, 1.165) is 30.2 Å². The third-order valence-electron chi connectivity index (χ3n) is 3.10. The van der Waals surface area contributed by atoms with Crippen LogP contribution in [0.2, 0.25) is 0 Å². The fourth-order valence-corrected chi connectivity index (χ4v) is 2.06. The fourth-order valence-electron chi connectivity index (χ4n) is 2.06. The Balaban J connectivity index is 1.84. The number of pyridine rings is 1. The largest absolute Gasteiger partial charge is 0.311 e. The summed E-state index contributed by atoms with van der Waals surface area (Å²) in [7, 11) is 0. The lowest BCUT2D eigenvalue weighted by atomic mass is 10.1. The third kappa shape index (κ3) is 3.81. The van der Waals surface area contributed by atoms with Gasteiger partial charge in [0.05, 0.1) is 11.2 Å². The molecule has 2 nitrogen and oxygen atoms in total. The molecule has 0 aliphatic carbocycles. The quantitative estimate of drug-likeness (QED) is 0.780. The number of benzene rings is 1. The van der Waals surface area contributed by atoms with Crippen molar-refractivity contribution >= 4 is 10.9 Å². The molecule has 2 heteroatoms. The molecule has 2 aromatic rings. The van der Waals surface area contributed by atoms with E-state index in [1.807, 2.05) is 12.1 Å². The average molecular weight is 242 g/mol. The second-order valence-electron chi connectivity index (χ2n) is 5.21. The number of rotatable bonds is 6. The molecule has 96 valence electrons. The molecule has 1 aromatic carbocycles. The molecule has 0 saturated carbocycles. The zero-order valence-corrected chi connectivity index (χ0v) is 11.3. The zero-order valence-electron chi connectivity index (χ0n) is 11.3. The third-order valence-corrected chi connectivity index (χ3v) is 3.10. The second-order valence-corrected chi connectivity index (χ2v) is 5.21. The predicted octanol–water partition coefficient (Wildman–Crippen LogP) is 3.76. The fraction of sp³-hybridized carbons (Fsp3) is 0.438. The van der Waals surface area contributed by atoms with Gasteiger partial charge in [0.1, 0.15) is 0 Å². The summed E-state index contributed by atoms with van der Waals surface area (Å²) in [5.74, 6) is 0.797. The van der Waals surface area contributed by atoms with Crippen molar-refractivity contribution in [3.8, 4) is 0 Å². The summed E-state index contributed by atoms with van der Waals surface area (Å²) in [6.07, 6.45) is 2.53. The van der Waals surface area contributed by atoms with Crippen LogP contribution in [0.4, 0.5) is 0 Å². The SMILES string of the molecule is CC(C)CCCNCc1ccc2ccccc2n1. The molecule has 0 fully saturated rings. The van der Waals surface area contributed by atoms with Crippen molar-refractivity contribution in [1.29, 1.82) is 0 Å². The van der Waals surface area contributed by atoms with E-state index in [9.17, 15) is 0 Å². The number of nitrogens with one attached hydrogen (secondary N) is 1. The molecule has 2 rings (SSSR count). The number of nitrogens with zero attached hydrogens (tertiary/aromatic N) is 1. The van der Waals surface area contributed by atoms with Gasteiger partial charge in [0, 0.05) is 11.9 Å². The predicted molar refractivity (Wildman–Crippen MR) is 77.5 cm³/mol. The Morgan fingerprint density at radius 3 is 2.78 bits per heavy atom. The first-order chi connectivity index (χ1) is 8.75. The maximum absolute atomic E-state index is 4.65. The Morgan fingerprint density at radius 2 is 1.94 bits per heavy atom. The van der Waals surface area contributed by atoms with Gasteiger partial charge in [-0.3, -0.25) is 4.98 Å². The Labute approximate surface area is 109 Å². The first kappa shape index (κ1) is 13.0. The molecule has 1 N–H and O–H groups in total. The molecule has 0 radical (unpaired) electrons. The highest BCUT2D eigenvalue weighted by Gasteiger charge is 1.98. The van der Waals surface area contributed by atoms with Crippen LogP contribution in [-0.2, 0) is 6.54 Å². The molecular weight excluding hydrogens is 220 g/mol. The summed E-state index contributed by atoms with van der Waals surface area (Å²) < 4.78 is 0. The van der Waals surface area contributed by atoms with Gasteiger partial charge in [-0.25, -0.2) is 0 Å². The van der Waals surface area contributed by atoms with Crippen LogP contribution in [0.3, 0.4) is 0 Å². The maximum atomic E-state index is 4.65. The summed E-state index contributed by atoms with van der Waals surface area (Å²) in [5.41, 5.74) is 2.21. The minimum absolute atomic E-state index is 0.797. The van der Waals surface area contributed by atoms with Crippen LogP contribution in [0.15, 0.2) is 36.4 Å². The van der Waals surface area contributed by atoms with Crippen LogP contribution in [0, 0.1) is 5.92 Å². The van der Waals surface area contributed by atoms with E-state index < -0.39 is 0 Å². The van der Waals surface area contributed by atoms with Crippen LogP contribution in [0.5, 0.6) is 0 Å². The van der Waals surface area contributed by atoms with Crippen molar-refractivity contribution in [1.82, 2.24) is 10.3 Å². The number of hydrogen-bond acceptors (Lipinski definition) is 2. The summed E-state index contributed by atoms with van der Waals surface area (Å²) in [6.45, 7) is 6.48. The Kier molecular flexibility index (Phi) is 4.71. The molecule has 18 heavy (non-hydrogen) atoms.